The highest BCUT2D eigenvalue weighted by molar-refractivity contribution is 5.25. The van der Waals surface area contributed by atoms with E-state index in [1.807, 2.05) is 0 Å². The molecule has 2 atom stereocenters. The molecule has 1 aliphatic rings. The van der Waals surface area contributed by atoms with Gasteiger partial charge in [0, 0.05) is 18.6 Å². The van der Waals surface area contributed by atoms with Gasteiger partial charge >= 0.3 is 0 Å². The third-order valence-corrected chi connectivity index (χ3v) is 4.66. The fraction of sp³-hybridized carbons (Fsp3) is 0.647. The molecule has 2 unspecified atom stereocenters. The molecule has 1 aromatic rings. The Morgan fingerprint density at radius 1 is 1.25 bits per heavy atom. The second-order valence-corrected chi connectivity index (χ2v) is 6.38. The smallest absolute Gasteiger partial charge is 0.0568 e. The van der Waals surface area contributed by atoms with E-state index in [0.717, 1.165) is 19.4 Å². The summed E-state index contributed by atoms with van der Waals surface area (Å²) in [5.74, 6) is 0. The lowest BCUT2D eigenvalue weighted by Gasteiger charge is -2.48. The first-order chi connectivity index (χ1) is 9.47. The average molecular weight is 276 g/mol. The second-order valence-electron chi connectivity index (χ2n) is 6.38. The highest BCUT2D eigenvalue weighted by Crippen LogP contribution is 2.33. The highest BCUT2D eigenvalue weighted by atomic mass is 16.5. The van der Waals surface area contributed by atoms with E-state index >= 15 is 0 Å². The monoisotopic (exact) mass is 276 g/mol. The van der Waals surface area contributed by atoms with Crippen molar-refractivity contribution >= 4 is 0 Å². The van der Waals surface area contributed by atoms with E-state index in [1.54, 1.807) is 0 Å². The summed E-state index contributed by atoms with van der Waals surface area (Å²) in [6, 6.07) is 8.59. The summed E-state index contributed by atoms with van der Waals surface area (Å²) in [7, 11) is 2.20. The molecule has 3 nitrogen and oxygen atoms in total. The minimum absolute atomic E-state index is 0.0549. The van der Waals surface area contributed by atoms with Crippen molar-refractivity contribution < 1.29 is 4.74 Å². The predicted octanol–water partition coefficient (Wildman–Crippen LogP) is 2.71. The van der Waals surface area contributed by atoms with Crippen LogP contribution >= 0.6 is 0 Å². The number of benzene rings is 1. The minimum atomic E-state index is 0.0549. The predicted molar refractivity (Wildman–Crippen MR) is 83.7 cm³/mol. The van der Waals surface area contributed by atoms with Crippen LogP contribution in [0.4, 0.5) is 0 Å². The normalized spacial score (nSPS) is 30.7. The molecule has 3 heteroatoms. The van der Waals surface area contributed by atoms with E-state index in [0.29, 0.717) is 6.54 Å². The molecule has 1 aromatic carbocycles. The average Bonchev–Trinajstić information content (AvgIpc) is 2.40. The molecule has 0 spiro atoms. The van der Waals surface area contributed by atoms with Crippen LogP contribution in [-0.2, 0) is 11.3 Å². The standard InChI is InChI=1S/C17H28N2O/c1-13-7-5-6-8-16(13)11-19(4)17(12-18)9-14(2)20-15(3)10-17/h5-8,14-15H,9-12,18H2,1-4H3. The van der Waals surface area contributed by atoms with Crippen molar-refractivity contribution in [1.82, 2.24) is 4.90 Å². The van der Waals surface area contributed by atoms with Gasteiger partial charge in [-0.1, -0.05) is 24.3 Å². The van der Waals surface area contributed by atoms with Crippen molar-refractivity contribution in [2.75, 3.05) is 13.6 Å². The SMILES string of the molecule is Cc1ccccc1CN(C)C1(CN)CC(C)OC(C)C1. The largest absolute Gasteiger partial charge is 0.375 e. The molecule has 1 fully saturated rings. The first-order valence-corrected chi connectivity index (χ1v) is 7.58. The molecule has 112 valence electrons. The lowest BCUT2D eigenvalue weighted by atomic mass is 9.82. The summed E-state index contributed by atoms with van der Waals surface area (Å²) in [4.78, 5) is 2.44. The van der Waals surface area contributed by atoms with E-state index in [2.05, 4.69) is 57.0 Å². The Kier molecular flexibility index (Phi) is 4.84. The van der Waals surface area contributed by atoms with Crippen LogP contribution in [0.1, 0.15) is 37.8 Å². The van der Waals surface area contributed by atoms with E-state index < -0.39 is 0 Å². The first-order valence-electron chi connectivity index (χ1n) is 7.58. The van der Waals surface area contributed by atoms with Crippen molar-refractivity contribution in [2.45, 2.75) is 57.9 Å². The third-order valence-electron chi connectivity index (χ3n) is 4.66. The van der Waals surface area contributed by atoms with Crippen LogP contribution in [0.5, 0.6) is 0 Å². The van der Waals surface area contributed by atoms with E-state index in [-0.39, 0.29) is 17.7 Å². The molecule has 2 N–H and O–H groups in total. The van der Waals surface area contributed by atoms with Gasteiger partial charge in [0.25, 0.3) is 0 Å². The van der Waals surface area contributed by atoms with Gasteiger partial charge in [0.2, 0.25) is 0 Å². The Bertz CT molecular complexity index is 436. The third kappa shape index (κ3) is 3.22. The van der Waals surface area contributed by atoms with Crippen molar-refractivity contribution in [1.29, 1.82) is 0 Å². The van der Waals surface area contributed by atoms with Gasteiger partial charge in [-0.3, -0.25) is 4.90 Å². The number of hydrogen-bond donors (Lipinski definition) is 1. The second kappa shape index (κ2) is 6.25. The molecular formula is C17H28N2O. The van der Waals surface area contributed by atoms with Gasteiger partial charge in [0.05, 0.1) is 12.2 Å². The molecule has 20 heavy (non-hydrogen) atoms. The summed E-state index contributed by atoms with van der Waals surface area (Å²) >= 11 is 0. The molecule has 0 saturated carbocycles. The van der Waals surface area contributed by atoms with Gasteiger partial charge in [-0.05, 0) is 51.8 Å². The van der Waals surface area contributed by atoms with Crippen LogP contribution in [0.25, 0.3) is 0 Å². The number of nitrogens with two attached hydrogens (primary N) is 1. The number of ether oxygens (including phenoxy) is 1. The summed E-state index contributed by atoms with van der Waals surface area (Å²) in [5.41, 5.74) is 8.94. The fourth-order valence-corrected chi connectivity index (χ4v) is 3.49. The Labute approximate surface area is 123 Å². The Morgan fingerprint density at radius 3 is 2.40 bits per heavy atom. The summed E-state index contributed by atoms with van der Waals surface area (Å²) in [5, 5.41) is 0. The summed E-state index contributed by atoms with van der Waals surface area (Å²) < 4.78 is 5.89. The quantitative estimate of drug-likeness (QED) is 0.919. The topological polar surface area (TPSA) is 38.5 Å². The lowest BCUT2D eigenvalue weighted by molar-refractivity contribution is -0.0994. The first kappa shape index (κ1) is 15.5. The molecule has 0 amide bonds. The van der Waals surface area contributed by atoms with Crippen LogP contribution in [-0.4, -0.2) is 36.2 Å². The van der Waals surface area contributed by atoms with Gasteiger partial charge in [0.1, 0.15) is 0 Å². The summed E-state index contributed by atoms with van der Waals surface area (Å²) in [6.45, 7) is 8.12. The Morgan fingerprint density at radius 2 is 1.85 bits per heavy atom. The molecule has 0 bridgehead atoms. The number of rotatable bonds is 4. The number of likely N-dealkylation sites (N-methyl/N-ethyl adjacent to an activating group) is 1. The Hall–Kier alpha value is -0.900. The zero-order valence-electron chi connectivity index (χ0n) is 13.2. The Balaban J connectivity index is 2.16. The van der Waals surface area contributed by atoms with Gasteiger partial charge in [-0.25, -0.2) is 0 Å². The molecule has 1 aliphatic heterocycles. The van der Waals surface area contributed by atoms with E-state index in [1.165, 1.54) is 11.1 Å². The number of aryl methyl sites for hydroxylation is 1. The van der Waals surface area contributed by atoms with E-state index in [4.69, 9.17) is 10.5 Å². The molecule has 0 aliphatic carbocycles. The number of hydrogen-bond acceptors (Lipinski definition) is 3. The maximum absolute atomic E-state index is 6.16. The zero-order chi connectivity index (χ0) is 14.8. The molecule has 0 radical (unpaired) electrons. The van der Waals surface area contributed by atoms with E-state index in [9.17, 15) is 0 Å². The molecule has 1 heterocycles. The van der Waals surface area contributed by atoms with Crippen LogP contribution in [0.2, 0.25) is 0 Å². The van der Waals surface area contributed by atoms with Crippen molar-refractivity contribution in [3.63, 3.8) is 0 Å². The maximum Gasteiger partial charge on any atom is 0.0568 e. The fourth-order valence-electron chi connectivity index (χ4n) is 3.49. The van der Waals surface area contributed by atoms with Gasteiger partial charge in [-0.15, -0.1) is 0 Å². The van der Waals surface area contributed by atoms with Gasteiger partial charge in [-0.2, -0.15) is 0 Å². The highest BCUT2D eigenvalue weighted by Gasteiger charge is 2.40. The molecular weight excluding hydrogens is 248 g/mol. The minimum Gasteiger partial charge on any atom is -0.375 e. The summed E-state index contributed by atoms with van der Waals surface area (Å²) in [6.07, 6.45) is 2.58. The van der Waals surface area contributed by atoms with Crippen molar-refractivity contribution in [3.8, 4) is 0 Å². The van der Waals surface area contributed by atoms with Crippen LogP contribution in [0.3, 0.4) is 0 Å². The number of nitrogens with zero attached hydrogens (tertiary/aromatic N) is 1. The maximum atomic E-state index is 6.16. The van der Waals surface area contributed by atoms with Crippen LogP contribution in [0.15, 0.2) is 24.3 Å². The van der Waals surface area contributed by atoms with Crippen molar-refractivity contribution in [3.05, 3.63) is 35.4 Å². The molecule has 2 rings (SSSR count). The van der Waals surface area contributed by atoms with Gasteiger partial charge < -0.3 is 10.5 Å². The zero-order valence-corrected chi connectivity index (χ0v) is 13.2. The lowest BCUT2D eigenvalue weighted by Crippen LogP contribution is -2.58. The van der Waals surface area contributed by atoms with Crippen LogP contribution in [0, 0.1) is 6.92 Å². The van der Waals surface area contributed by atoms with Crippen LogP contribution < -0.4 is 5.73 Å². The van der Waals surface area contributed by atoms with Crippen molar-refractivity contribution in [2.24, 2.45) is 5.73 Å². The molecule has 0 aromatic heterocycles. The van der Waals surface area contributed by atoms with Gasteiger partial charge in [0.15, 0.2) is 0 Å². The molecule has 1 saturated heterocycles.